The van der Waals surface area contributed by atoms with Crippen molar-refractivity contribution in [3.05, 3.63) is 50.5 Å². The lowest BCUT2D eigenvalue weighted by atomic mass is 10.3. The number of benzene rings is 1. The topological polar surface area (TPSA) is 115 Å². The van der Waals surface area contributed by atoms with Crippen molar-refractivity contribution in [2.75, 3.05) is 0 Å². The Morgan fingerprint density at radius 3 is 2.52 bits per heavy atom. The zero-order valence-electron chi connectivity index (χ0n) is 9.99. The Morgan fingerprint density at radius 1 is 1.38 bits per heavy atom. The highest BCUT2D eigenvalue weighted by Crippen LogP contribution is 2.34. The fourth-order valence-corrected chi connectivity index (χ4v) is 1.65. The molecule has 0 bridgehead atoms. The van der Waals surface area contributed by atoms with E-state index in [4.69, 9.17) is 9.84 Å². The van der Waals surface area contributed by atoms with Crippen LogP contribution in [0, 0.1) is 15.9 Å². The number of carbonyl (C=O) groups is 1. The molecule has 1 aromatic carbocycles. The molecule has 0 saturated heterocycles. The van der Waals surface area contributed by atoms with Gasteiger partial charge in [-0.1, -0.05) is 0 Å². The van der Waals surface area contributed by atoms with Gasteiger partial charge in [0.2, 0.25) is 5.75 Å². The SMILES string of the molecule is O=C(O)c1cnc(Oc2cc(F)c(Br)cc2[N+](=O)[O-])nc1. The number of aromatic nitrogens is 2. The largest absolute Gasteiger partial charge is 0.478 e. The lowest BCUT2D eigenvalue weighted by molar-refractivity contribution is -0.385. The number of hydrogen-bond acceptors (Lipinski definition) is 6. The molecule has 0 spiro atoms. The quantitative estimate of drug-likeness (QED) is 0.660. The number of aromatic carboxylic acids is 1. The summed E-state index contributed by atoms with van der Waals surface area (Å²) < 4.78 is 18.4. The van der Waals surface area contributed by atoms with Gasteiger partial charge >= 0.3 is 17.7 Å². The summed E-state index contributed by atoms with van der Waals surface area (Å²) in [5, 5.41) is 19.6. The maximum absolute atomic E-state index is 13.4. The van der Waals surface area contributed by atoms with E-state index in [-0.39, 0.29) is 16.0 Å². The minimum atomic E-state index is -1.23. The summed E-state index contributed by atoms with van der Waals surface area (Å²) in [4.78, 5) is 27.9. The van der Waals surface area contributed by atoms with Gasteiger partial charge in [0, 0.05) is 24.5 Å². The lowest BCUT2D eigenvalue weighted by Gasteiger charge is -2.05. The molecule has 108 valence electrons. The minimum Gasteiger partial charge on any atom is -0.478 e. The summed E-state index contributed by atoms with van der Waals surface area (Å²) in [7, 11) is 0. The maximum atomic E-state index is 13.4. The van der Waals surface area contributed by atoms with Crippen molar-refractivity contribution in [3.63, 3.8) is 0 Å². The Balaban J connectivity index is 2.36. The standard InChI is InChI=1S/C11H5BrFN3O5/c12-6-1-8(16(19)20)9(2-7(6)13)21-11-14-3-5(4-15-11)10(17)18/h1-4H,(H,17,18). The van der Waals surface area contributed by atoms with Crippen LogP contribution in [0.4, 0.5) is 10.1 Å². The Bertz CT molecular complexity index is 723. The first-order chi connectivity index (χ1) is 9.88. The zero-order valence-corrected chi connectivity index (χ0v) is 11.6. The van der Waals surface area contributed by atoms with Crippen molar-refractivity contribution in [2.45, 2.75) is 0 Å². The zero-order chi connectivity index (χ0) is 15.6. The van der Waals surface area contributed by atoms with Gasteiger partial charge < -0.3 is 9.84 Å². The van der Waals surface area contributed by atoms with E-state index < -0.39 is 28.1 Å². The molecule has 1 aromatic heterocycles. The molecule has 0 fully saturated rings. The summed E-state index contributed by atoms with van der Waals surface area (Å²) in [6.45, 7) is 0. The van der Waals surface area contributed by atoms with Crippen LogP contribution in [-0.4, -0.2) is 26.0 Å². The molecule has 0 unspecified atom stereocenters. The summed E-state index contributed by atoms with van der Waals surface area (Å²) in [6.07, 6.45) is 1.93. The highest BCUT2D eigenvalue weighted by Gasteiger charge is 2.20. The second-order valence-electron chi connectivity index (χ2n) is 3.65. The number of carboxylic acid groups (broad SMARTS) is 1. The summed E-state index contributed by atoms with van der Waals surface area (Å²) in [5.41, 5.74) is -0.673. The number of carboxylic acids is 1. The normalized spacial score (nSPS) is 10.2. The molecule has 8 nitrogen and oxygen atoms in total. The second-order valence-corrected chi connectivity index (χ2v) is 4.51. The Hall–Kier alpha value is -2.62. The van der Waals surface area contributed by atoms with Crippen molar-refractivity contribution in [3.8, 4) is 11.8 Å². The van der Waals surface area contributed by atoms with Crippen LogP contribution in [0.2, 0.25) is 0 Å². The molecule has 0 amide bonds. The fraction of sp³-hybridized carbons (Fsp3) is 0. The summed E-state index contributed by atoms with van der Waals surface area (Å²) in [6, 6.07) is 1.40. The van der Waals surface area contributed by atoms with Gasteiger partial charge in [-0.05, 0) is 15.9 Å². The molecule has 0 aliphatic heterocycles. The van der Waals surface area contributed by atoms with Gasteiger partial charge in [0.1, 0.15) is 5.82 Å². The molecule has 21 heavy (non-hydrogen) atoms. The van der Waals surface area contributed by atoms with Crippen molar-refractivity contribution in [1.29, 1.82) is 0 Å². The lowest BCUT2D eigenvalue weighted by Crippen LogP contribution is -2.01. The Labute approximate surface area is 124 Å². The molecule has 10 heteroatoms. The van der Waals surface area contributed by atoms with Gasteiger partial charge in [0.05, 0.1) is 15.0 Å². The third-order valence-electron chi connectivity index (χ3n) is 2.27. The molecular formula is C11H5BrFN3O5. The number of rotatable bonds is 4. The average molecular weight is 358 g/mol. The predicted molar refractivity (Wildman–Crippen MR) is 69.8 cm³/mol. The molecule has 0 aliphatic rings. The van der Waals surface area contributed by atoms with E-state index in [2.05, 4.69) is 25.9 Å². The van der Waals surface area contributed by atoms with Crippen LogP contribution in [0.25, 0.3) is 0 Å². The Morgan fingerprint density at radius 2 is 2.00 bits per heavy atom. The molecular weight excluding hydrogens is 353 g/mol. The van der Waals surface area contributed by atoms with Crippen molar-refractivity contribution in [2.24, 2.45) is 0 Å². The first-order valence-corrected chi connectivity index (χ1v) is 6.04. The van der Waals surface area contributed by atoms with Crippen LogP contribution in [0.3, 0.4) is 0 Å². The van der Waals surface area contributed by atoms with E-state index in [9.17, 15) is 19.3 Å². The van der Waals surface area contributed by atoms with Crippen LogP contribution in [-0.2, 0) is 0 Å². The van der Waals surface area contributed by atoms with E-state index in [0.717, 1.165) is 24.5 Å². The number of ether oxygens (including phenoxy) is 1. The van der Waals surface area contributed by atoms with E-state index >= 15 is 0 Å². The predicted octanol–water partition coefficient (Wildman–Crippen LogP) is 2.78. The number of nitrogens with zero attached hydrogens (tertiary/aromatic N) is 3. The van der Waals surface area contributed by atoms with Crippen LogP contribution in [0.15, 0.2) is 29.0 Å². The van der Waals surface area contributed by atoms with Gasteiger partial charge in [-0.25, -0.2) is 19.2 Å². The highest BCUT2D eigenvalue weighted by atomic mass is 79.9. The van der Waals surface area contributed by atoms with Gasteiger partial charge in [0.25, 0.3) is 0 Å². The van der Waals surface area contributed by atoms with Crippen LogP contribution >= 0.6 is 15.9 Å². The monoisotopic (exact) mass is 357 g/mol. The first kappa shape index (κ1) is 14.8. The van der Waals surface area contributed by atoms with Crippen molar-refractivity contribution >= 4 is 27.6 Å². The maximum Gasteiger partial charge on any atom is 0.338 e. The smallest absolute Gasteiger partial charge is 0.338 e. The number of halogens is 2. The third kappa shape index (κ3) is 3.28. The van der Waals surface area contributed by atoms with Crippen molar-refractivity contribution in [1.82, 2.24) is 9.97 Å². The van der Waals surface area contributed by atoms with Crippen LogP contribution in [0.1, 0.15) is 10.4 Å². The molecule has 2 aromatic rings. The third-order valence-corrected chi connectivity index (χ3v) is 2.88. The van der Waals surface area contributed by atoms with E-state index in [0.29, 0.717) is 0 Å². The fourth-order valence-electron chi connectivity index (χ4n) is 1.32. The second kappa shape index (κ2) is 5.79. The molecule has 0 radical (unpaired) electrons. The van der Waals surface area contributed by atoms with Gasteiger partial charge in [0.15, 0.2) is 0 Å². The summed E-state index contributed by atoms with van der Waals surface area (Å²) >= 11 is 2.83. The van der Waals surface area contributed by atoms with E-state index in [1.54, 1.807) is 0 Å². The molecule has 2 rings (SSSR count). The molecule has 0 aliphatic carbocycles. The number of hydrogen-bond donors (Lipinski definition) is 1. The molecule has 0 atom stereocenters. The average Bonchev–Trinajstić information content (AvgIpc) is 2.43. The highest BCUT2D eigenvalue weighted by molar-refractivity contribution is 9.10. The Kier molecular flexibility index (Phi) is 4.08. The number of nitro benzene ring substituents is 1. The molecule has 1 heterocycles. The van der Waals surface area contributed by atoms with E-state index in [1.165, 1.54) is 0 Å². The first-order valence-electron chi connectivity index (χ1n) is 5.25. The van der Waals surface area contributed by atoms with Crippen LogP contribution < -0.4 is 4.74 Å². The molecule has 1 N–H and O–H groups in total. The van der Waals surface area contributed by atoms with Gasteiger partial charge in [-0.3, -0.25) is 10.1 Å². The van der Waals surface area contributed by atoms with Gasteiger partial charge in [-0.2, -0.15) is 0 Å². The van der Waals surface area contributed by atoms with Crippen LogP contribution in [0.5, 0.6) is 11.8 Å². The van der Waals surface area contributed by atoms with Crippen molar-refractivity contribution < 1.29 is 24.0 Å². The molecule has 0 saturated carbocycles. The van der Waals surface area contributed by atoms with E-state index in [1.807, 2.05) is 0 Å². The number of nitro groups is 1. The van der Waals surface area contributed by atoms with Gasteiger partial charge in [-0.15, -0.1) is 0 Å². The minimum absolute atomic E-state index is 0.0938. The summed E-state index contributed by atoms with van der Waals surface area (Å²) in [5.74, 6) is -2.40.